The summed E-state index contributed by atoms with van der Waals surface area (Å²) >= 11 is 0. The lowest BCUT2D eigenvalue weighted by molar-refractivity contribution is -0.124. The molecular weight excluding hydrogens is 348 g/mol. The van der Waals surface area contributed by atoms with Crippen molar-refractivity contribution < 1.29 is 9.53 Å². The third-order valence-corrected chi connectivity index (χ3v) is 7.27. The zero-order chi connectivity index (χ0) is 19.7. The quantitative estimate of drug-likeness (QED) is 0.650. The molecule has 4 nitrogen and oxygen atoms in total. The number of nitrogens with one attached hydrogen (secondary N) is 1. The number of benzene rings is 1. The molecule has 0 spiro atoms. The van der Waals surface area contributed by atoms with E-state index >= 15 is 0 Å². The van der Waals surface area contributed by atoms with Gasteiger partial charge in [0.2, 0.25) is 5.91 Å². The average molecular weight is 385 g/mol. The van der Waals surface area contributed by atoms with E-state index in [1.54, 1.807) is 0 Å². The standard InChI is InChI=1S/C24H36N2O2/c1-17-21(6-4-7-22(17)28-9-5-8-26(2)3)25-23(27)16-24-13-18-10-19(14-24)12-20(11-18)15-24/h4,6-7,18-20H,5,8-16H2,1-3H3,(H,25,27). The number of amides is 1. The van der Waals surface area contributed by atoms with E-state index in [2.05, 4.69) is 24.3 Å². The maximum absolute atomic E-state index is 12.9. The summed E-state index contributed by atoms with van der Waals surface area (Å²) in [7, 11) is 4.15. The minimum Gasteiger partial charge on any atom is -0.493 e. The van der Waals surface area contributed by atoms with Crippen LogP contribution in [0, 0.1) is 30.1 Å². The highest BCUT2D eigenvalue weighted by atomic mass is 16.5. The van der Waals surface area contributed by atoms with Crippen LogP contribution >= 0.6 is 0 Å². The first-order valence-corrected chi connectivity index (χ1v) is 11.1. The number of ether oxygens (including phenoxy) is 1. The van der Waals surface area contributed by atoms with E-state index in [4.69, 9.17) is 4.74 Å². The minimum atomic E-state index is 0.190. The van der Waals surface area contributed by atoms with Crippen LogP contribution in [0.3, 0.4) is 0 Å². The van der Waals surface area contributed by atoms with E-state index in [1.807, 2.05) is 25.1 Å². The Labute approximate surface area is 170 Å². The summed E-state index contributed by atoms with van der Waals surface area (Å²) in [5.74, 6) is 3.74. The van der Waals surface area contributed by atoms with Crippen molar-refractivity contribution in [2.45, 2.75) is 58.3 Å². The molecule has 4 fully saturated rings. The topological polar surface area (TPSA) is 41.6 Å². The predicted octanol–water partition coefficient (Wildman–Crippen LogP) is 4.87. The SMILES string of the molecule is Cc1c(NC(=O)CC23CC4CC(CC(C4)C2)C3)cccc1OCCCN(C)C. The van der Waals surface area contributed by atoms with Gasteiger partial charge in [0.05, 0.1) is 6.61 Å². The van der Waals surface area contributed by atoms with Gasteiger partial charge in [-0.3, -0.25) is 4.79 Å². The van der Waals surface area contributed by atoms with Crippen molar-refractivity contribution >= 4 is 11.6 Å². The number of carbonyl (C=O) groups is 1. The maximum atomic E-state index is 12.9. The Bertz CT molecular complexity index is 677. The summed E-state index contributed by atoms with van der Waals surface area (Å²) in [4.78, 5) is 15.1. The van der Waals surface area contributed by atoms with Crippen LogP contribution in [0.5, 0.6) is 5.75 Å². The fourth-order valence-corrected chi connectivity index (χ4v) is 6.51. The lowest BCUT2D eigenvalue weighted by Gasteiger charge is -2.56. The third kappa shape index (κ3) is 4.37. The van der Waals surface area contributed by atoms with Crippen LogP contribution in [-0.4, -0.2) is 38.1 Å². The molecule has 4 aliphatic carbocycles. The highest BCUT2D eigenvalue weighted by Gasteiger charge is 2.51. The minimum absolute atomic E-state index is 0.190. The summed E-state index contributed by atoms with van der Waals surface area (Å²) in [5.41, 5.74) is 2.22. The second-order valence-corrected chi connectivity index (χ2v) is 10.1. The van der Waals surface area contributed by atoms with Crippen LogP contribution in [-0.2, 0) is 4.79 Å². The summed E-state index contributed by atoms with van der Waals surface area (Å²) in [6.45, 7) is 3.76. The molecule has 0 atom stereocenters. The van der Waals surface area contributed by atoms with Gasteiger partial charge in [-0.15, -0.1) is 0 Å². The molecule has 0 aromatic heterocycles. The Balaban J connectivity index is 1.35. The van der Waals surface area contributed by atoms with Crippen LogP contribution < -0.4 is 10.1 Å². The Morgan fingerprint density at radius 1 is 1.14 bits per heavy atom. The molecule has 4 saturated carbocycles. The summed E-state index contributed by atoms with van der Waals surface area (Å²) in [6, 6.07) is 5.98. The normalized spacial score (nSPS) is 30.6. The van der Waals surface area contributed by atoms with Gasteiger partial charge >= 0.3 is 0 Å². The highest BCUT2D eigenvalue weighted by molar-refractivity contribution is 5.92. The number of hydrogen-bond acceptors (Lipinski definition) is 3. The van der Waals surface area contributed by atoms with Crippen molar-refractivity contribution in [1.29, 1.82) is 0 Å². The fourth-order valence-electron chi connectivity index (χ4n) is 6.51. The Morgan fingerprint density at radius 2 is 1.79 bits per heavy atom. The molecule has 1 amide bonds. The summed E-state index contributed by atoms with van der Waals surface area (Å²) in [5, 5.41) is 3.21. The molecule has 0 saturated heterocycles. The van der Waals surface area contributed by atoms with E-state index in [0.717, 1.165) is 47.7 Å². The number of anilines is 1. The van der Waals surface area contributed by atoms with Crippen LogP contribution in [0.15, 0.2) is 18.2 Å². The van der Waals surface area contributed by atoms with Crippen LogP contribution in [0.4, 0.5) is 5.69 Å². The maximum Gasteiger partial charge on any atom is 0.224 e. The van der Waals surface area contributed by atoms with E-state index in [-0.39, 0.29) is 11.3 Å². The molecule has 4 heteroatoms. The number of hydrogen-bond donors (Lipinski definition) is 1. The third-order valence-electron chi connectivity index (χ3n) is 7.27. The first-order valence-electron chi connectivity index (χ1n) is 11.1. The van der Waals surface area contributed by atoms with Gasteiger partial charge in [0.25, 0.3) is 0 Å². The molecule has 0 heterocycles. The van der Waals surface area contributed by atoms with Crippen molar-refractivity contribution in [2.75, 3.05) is 32.6 Å². The second kappa shape index (κ2) is 8.06. The van der Waals surface area contributed by atoms with Gasteiger partial charge in [0.1, 0.15) is 5.75 Å². The molecule has 28 heavy (non-hydrogen) atoms. The molecule has 0 aliphatic heterocycles. The highest BCUT2D eigenvalue weighted by Crippen LogP contribution is 2.61. The van der Waals surface area contributed by atoms with Crippen molar-refractivity contribution in [2.24, 2.45) is 23.2 Å². The van der Waals surface area contributed by atoms with E-state index in [9.17, 15) is 4.79 Å². The monoisotopic (exact) mass is 384 g/mol. The number of nitrogens with zero attached hydrogens (tertiary/aromatic N) is 1. The Hall–Kier alpha value is -1.55. The first-order chi connectivity index (χ1) is 13.4. The van der Waals surface area contributed by atoms with Gasteiger partial charge in [0.15, 0.2) is 0 Å². The molecule has 0 radical (unpaired) electrons. The van der Waals surface area contributed by atoms with Gasteiger partial charge in [-0.2, -0.15) is 0 Å². The average Bonchev–Trinajstić information content (AvgIpc) is 2.59. The van der Waals surface area contributed by atoms with Crippen molar-refractivity contribution in [1.82, 2.24) is 4.90 Å². The van der Waals surface area contributed by atoms with Crippen LogP contribution in [0.1, 0.15) is 56.9 Å². The van der Waals surface area contributed by atoms with E-state index in [1.165, 1.54) is 38.5 Å². The van der Waals surface area contributed by atoms with Crippen molar-refractivity contribution in [3.63, 3.8) is 0 Å². The molecule has 1 aromatic rings. The second-order valence-electron chi connectivity index (χ2n) is 10.1. The predicted molar refractivity (Wildman–Crippen MR) is 114 cm³/mol. The molecule has 1 aromatic carbocycles. The zero-order valence-electron chi connectivity index (χ0n) is 17.8. The zero-order valence-corrected chi connectivity index (χ0v) is 17.8. The molecule has 5 rings (SSSR count). The Kier molecular flexibility index (Phi) is 5.69. The van der Waals surface area contributed by atoms with Crippen molar-refractivity contribution in [3.8, 4) is 5.75 Å². The lowest BCUT2D eigenvalue weighted by Crippen LogP contribution is -2.47. The van der Waals surface area contributed by atoms with Crippen molar-refractivity contribution in [3.05, 3.63) is 23.8 Å². The largest absolute Gasteiger partial charge is 0.493 e. The molecule has 1 N–H and O–H groups in total. The molecule has 4 aliphatic rings. The molecule has 4 bridgehead atoms. The lowest BCUT2D eigenvalue weighted by atomic mass is 9.49. The molecular formula is C24H36N2O2. The molecule has 0 unspecified atom stereocenters. The summed E-state index contributed by atoms with van der Waals surface area (Å²) in [6.07, 6.45) is 9.80. The Morgan fingerprint density at radius 3 is 2.39 bits per heavy atom. The van der Waals surface area contributed by atoms with Gasteiger partial charge < -0.3 is 15.0 Å². The number of rotatable bonds is 8. The fraction of sp³-hybridized carbons (Fsp3) is 0.708. The van der Waals surface area contributed by atoms with Gasteiger partial charge in [-0.25, -0.2) is 0 Å². The van der Waals surface area contributed by atoms with E-state index < -0.39 is 0 Å². The van der Waals surface area contributed by atoms with Gasteiger partial charge in [-0.05, 0) is 101 Å². The van der Waals surface area contributed by atoms with Gasteiger partial charge in [-0.1, -0.05) is 6.07 Å². The first kappa shape index (κ1) is 19.8. The smallest absolute Gasteiger partial charge is 0.224 e. The van der Waals surface area contributed by atoms with Crippen LogP contribution in [0.25, 0.3) is 0 Å². The molecule has 154 valence electrons. The van der Waals surface area contributed by atoms with E-state index in [0.29, 0.717) is 13.0 Å². The van der Waals surface area contributed by atoms with Crippen LogP contribution in [0.2, 0.25) is 0 Å². The van der Waals surface area contributed by atoms with Gasteiger partial charge in [0, 0.05) is 24.2 Å². The number of carbonyl (C=O) groups excluding carboxylic acids is 1. The summed E-state index contributed by atoms with van der Waals surface area (Å²) < 4.78 is 5.97.